The highest BCUT2D eigenvalue weighted by molar-refractivity contribution is 4.74. The molecule has 1 aliphatic rings. The molecule has 1 aliphatic heterocycles. The van der Waals surface area contributed by atoms with Crippen molar-refractivity contribution in [2.75, 3.05) is 19.8 Å². The van der Waals surface area contributed by atoms with Crippen LogP contribution >= 0.6 is 0 Å². The molecule has 2 atom stereocenters. The Balaban J connectivity index is 1.90. The Hall–Kier alpha value is -0.120. The van der Waals surface area contributed by atoms with Gasteiger partial charge in [-0.15, -0.1) is 0 Å². The van der Waals surface area contributed by atoms with E-state index in [1.807, 2.05) is 0 Å². The summed E-state index contributed by atoms with van der Waals surface area (Å²) in [4.78, 5) is 0. The number of hydrogen-bond donors (Lipinski definition) is 2. The molecule has 0 amide bonds. The predicted octanol–water partition coefficient (Wildman–Crippen LogP) is 1.70. The summed E-state index contributed by atoms with van der Waals surface area (Å²) in [6.45, 7) is 4.51. The van der Waals surface area contributed by atoms with Gasteiger partial charge in [0.1, 0.15) is 0 Å². The van der Waals surface area contributed by atoms with Crippen LogP contribution in [0.25, 0.3) is 0 Å². The number of nitrogens with one attached hydrogen (secondary N) is 1. The van der Waals surface area contributed by atoms with Crippen LogP contribution in [0.1, 0.15) is 45.4 Å². The van der Waals surface area contributed by atoms with E-state index in [1.54, 1.807) is 0 Å². The maximum absolute atomic E-state index is 8.63. The van der Waals surface area contributed by atoms with Gasteiger partial charge in [-0.25, -0.2) is 0 Å². The lowest BCUT2D eigenvalue weighted by molar-refractivity contribution is 0.0134. The molecular formula is C12H25NO2. The van der Waals surface area contributed by atoms with Crippen molar-refractivity contribution in [1.29, 1.82) is 0 Å². The SMILES string of the molecule is CC1CC(NCCCCCCO)CCO1. The zero-order chi connectivity index (χ0) is 10.9. The number of ether oxygens (including phenoxy) is 1. The molecule has 1 saturated heterocycles. The van der Waals surface area contributed by atoms with Gasteiger partial charge in [-0.3, -0.25) is 0 Å². The minimum Gasteiger partial charge on any atom is -0.396 e. The fourth-order valence-electron chi connectivity index (χ4n) is 2.08. The minimum absolute atomic E-state index is 0.338. The van der Waals surface area contributed by atoms with Gasteiger partial charge in [0.2, 0.25) is 0 Å². The molecule has 1 fully saturated rings. The van der Waals surface area contributed by atoms with Crippen molar-refractivity contribution in [3.05, 3.63) is 0 Å². The van der Waals surface area contributed by atoms with Crippen LogP contribution in [0, 0.1) is 0 Å². The molecule has 0 aromatic rings. The van der Waals surface area contributed by atoms with E-state index in [0.29, 0.717) is 18.8 Å². The molecule has 0 saturated carbocycles. The summed E-state index contributed by atoms with van der Waals surface area (Å²) in [6.07, 6.45) is 7.29. The fourth-order valence-corrected chi connectivity index (χ4v) is 2.08. The lowest BCUT2D eigenvalue weighted by Crippen LogP contribution is -2.38. The van der Waals surface area contributed by atoms with Crippen molar-refractivity contribution in [1.82, 2.24) is 5.32 Å². The van der Waals surface area contributed by atoms with Gasteiger partial charge in [0.15, 0.2) is 0 Å². The average molecular weight is 215 g/mol. The summed E-state index contributed by atoms with van der Waals surface area (Å²) in [6, 6.07) is 0.659. The summed E-state index contributed by atoms with van der Waals surface area (Å²) >= 11 is 0. The lowest BCUT2D eigenvalue weighted by atomic mass is 10.0. The van der Waals surface area contributed by atoms with Crippen LogP contribution in [0.15, 0.2) is 0 Å². The first-order valence-electron chi connectivity index (χ1n) is 6.28. The molecule has 0 spiro atoms. The summed E-state index contributed by atoms with van der Waals surface area (Å²) < 4.78 is 5.50. The van der Waals surface area contributed by atoms with Crippen LogP contribution in [0.4, 0.5) is 0 Å². The zero-order valence-electron chi connectivity index (χ0n) is 9.87. The van der Waals surface area contributed by atoms with Gasteiger partial charge in [-0.05, 0) is 39.2 Å². The molecule has 2 unspecified atom stereocenters. The van der Waals surface area contributed by atoms with Crippen LogP contribution in [0.3, 0.4) is 0 Å². The average Bonchev–Trinajstić information content (AvgIpc) is 2.23. The lowest BCUT2D eigenvalue weighted by Gasteiger charge is -2.28. The predicted molar refractivity (Wildman–Crippen MR) is 62.0 cm³/mol. The van der Waals surface area contributed by atoms with E-state index in [0.717, 1.165) is 38.8 Å². The van der Waals surface area contributed by atoms with Gasteiger partial charge in [-0.2, -0.15) is 0 Å². The first-order valence-corrected chi connectivity index (χ1v) is 6.28. The summed E-state index contributed by atoms with van der Waals surface area (Å²) in [7, 11) is 0. The molecular weight excluding hydrogens is 190 g/mol. The van der Waals surface area contributed by atoms with E-state index in [9.17, 15) is 0 Å². The van der Waals surface area contributed by atoms with Gasteiger partial charge in [0, 0.05) is 19.3 Å². The van der Waals surface area contributed by atoms with E-state index in [4.69, 9.17) is 9.84 Å². The molecule has 90 valence electrons. The zero-order valence-corrected chi connectivity index (χ0v) is 9.87. The van der Waals surface area contributed by atoms with Crippen molar-refractivity contribution in [2.45, 2.75) is 57.6 Å². The van der Waals surface area contributed by atoms with E-state index in [-0.39, 0.29) is 0 Å². The second-order valence-corrected chi connectivity index (χ2v) is 4.49. The van der Waals surface area contributed by atoms with Crippen LogP contribution in [0.5, 0.6) is 0 Å². The monoisotopic (exact) mass is 215 g/mol. The Bertz CT molecular complexity index is 153. The number of aliphatic hydroxyl groups is 1. The van der Waals surface area contributed by atoms with E-state index < -0.39 is 0 Å². The van der Waals surface area contributed by atoms with Crippen LogP contribution < -0.4 is 5.32 Å². The second-order valence-electron chi connectivity index (χ2n) is 4.49. The Morgan fingerprint density at radius 2 is 2.07 bits per heavy atom. The number of rotatable bonds is 7. The Morgan fingerprint density at radius 3 is 2.80 bits per heavy atom. The maximum Gasteiger partial charge on any atom is 0.0561 e. The fraction of sp³-hybridized carbons (Fsp3) is 1.00. The molecule has 0 aliphatic carbocycles. The highest BCUT2D eigenvalue weighted by Gasteiger charge is 2.17. The minimum atomic E-state index is 0.338. The first-order chi connectivity index (χ1) is 7.33. The molecule has 3 heteroatoms. The number of hydrogen-bond acceptors (Lipinski definition) is 3. The van der Waals surface area contributed by atoms with Crippen molar-refractivity contribution in [2.24, 2.45) is 0 Å². The number of aliphatic hydroxyl groups excluding tert-OH is 1. The molecule has 2 N–H and O–H groups in total. The number of unbranched alkanes of at least 4 members (excludes halogenated alkanes) is 3. The summed E-state index contributed by atoms with van der Waals surface area (Å²) in [5.41, 5.74) is 0. The molecule has 1 rings (SSSR count). The van der Waals surface area contributed by atoms with Crippen LogP contribution in [0.2, 0.25) is 0 Å². The largest absolute Gasteiger partial charge is 0.396 e. The highest BCUT2D eigenvalue weighted by atomic mass is 16.5. The Kier molecular flexibility index (Phi) is 6.98. The smallest absolute Gasteiger partial charge is 0.0561 e. The first kappa shape index (κ1) is 12.9. The normalized spacial score (nSPS) is 26.8. The molecule has 1 heterocycles. The van der Waals surface area contributed by atoms with Crippen molar-refractivity contribution >= 4 is 0 Å². The Labute approximate surface area is 93.2 Å². The van der Waals surface area contributed by atoms with Gasteiger partial charge in [0.05, 0.1) is 6.10 Å². The van der Waals surface area contributed by atoms with Gasteiger partial charge in [0.25, 0.3) is 0 Å². The van der Waals surface area contributed by atoms with Gasteiger partial charge >= 0.3 is 0 Å². The molecule has 0 radical (unpaired) electrons. The molecule has 0 aromatic carbocycles. The van der Waals surface area contributed by atoms with E-state index in [1.165, 1.54) is 12.8 Å². The molecule has 0 aromatic heterocycles. The van der Waals surface area contributed by atoms with Gasteiger partial charge in [-0.1, -0.05) is 12.8 Å². The second kappa shape index (κ2) is 8.08. The van der Waals surface area contributed by atoms with E-state index in [2.05, 4.69) is 12.2 Å². The molecule has 3 nitrogen and oxygen atoms in total. The van der Waals surface area contributed by atoms with Crippen LogP contribution in [-0.4, -0.2) is 37.0 Å². The van der Waals surface area contributed by atoms with E-state index >= 15 is 0 Å². The summed E-state index contributed by atoms with van der Waals surface area (Å²) in [5.74, 6) is 0. The van der Waals surface area contributed by atoms with Crippen molar-refractivity contribution in [3.8, 4) is 0 Å². The third kappa shape index (κ3) is 6.13. The van der Waals surface area contributed by atoms with Crippen LogP contribution in [-0.2, 0) is 4.74 Å². The topological polar surface area (TPSA) is 41.5 Å². The standard InChI is InChI=1S/C12H25NO2/c1-11-10-12(6-9-15-11)13-7-4-2-3-5-8-14/h11-14H,2-10H2,1H3. The quantitative estimate of drug-likeness (QED) is 0.635. The third-order valence-corrected chi connectivity index (χ3v) is 3.00. The maximum atomic E-state index is 8.63. The highest BCUT2D eigenvalue weighted by Crippen LogP contribution is 2.13. The van der Waals surface area contributed by atoms with Crippen molar-refractivity contribution < 1.29 is 9.84 Å². The summed E-state index contributed by atoms with van der Waals surface area (Å²) in [5, 5.41) is 12.2. The molecule has 0 bridgehead atoms. The van der Waals surface area contributed by atoms with Gasteiger partial charge < -0.3 is 15.2 Å². The Morgan fingerprint density at radius 1 is 1.27 bits per heavy atom. The molecule has 15 heavy (non-hydrogen) atoms. The third-order valence-electron chi connectivity index (χ3n) is 3.00. The van der Waals surface area contributed by atoms with Crippen molar-refractivity contribution in [3.63, 3.8) is 0 Å².